The number of amides is 1. The first-order chi connectivity index (χ1) is 9.00. The highest BCUT2D eigenvalue weighted by Gasteiger charge is 2.49. The van der Waals surface area contributed by atoms with Crippen molar-refractivity contribution in [2.45, 2.75) is 63.6 Å². The average molecular weight is 265 g/mol. The fourth-order valence-corrected chi connectivity index (χ4v) is 3.85. The lowest BCUT2D eigenvalue weighted by Gasteiger charge is -2.29. The number of likely N-dealkylation sites (tertiary alicyclic amines) is 1. The number of carbonyl (C=O) groups is 1. The number of nitrogens with two attached hydrogens (primary N) is 1. The normalized spacial score (nSPS) is 43.8. The molecule has 3 rings (SSSR count). The third kappa shape index (κ3) is 2.52. The molecule has 19 heavy (non-hydrogen) atoms. The van der Waals surface area contributed by atoms with E-state index in [0.29, 0.717) is 12.1 Å². The van der Waals surface area contributed by atoms with E-state index >= 15 is 0 Å². The third-order valence-electron chi connectivity index (χ3n) is 5.55. The van der Waals surface area contributed by atoms with Crippen LogP contribution >= 0.6 is 0 Å². The minimum atomic E-state index is -0.416. The van der Waals surface area contributed by atoms with E-state index in [1.807, 2.05) is 0 Å². The van der Waals surface area contributed by atoms with E-state index < -0.39 is 5.54 Å². The van der Waals surface area contributed by atoms with E-state index in [-0.39, 0.29) is 5.91 Å². The van der Waals surface area contributed by atoms with E-state index in [2.05, 4.69) is 24.1 Å². The molecule has 0 bridgehead atoms. The Balaban J connectivity index is 1.65. The minimum Gasteiger partial charge on any atom is -0.368 e. The van der Waals surface area contributed by atoms with Crippen LogP contribution in [0, 0.1) is 11.8 Å². The van der Waals surface area contributed by atoms with Crippen molar-refractivity contribution in [2.75, 3.05) is 13.1 Å². The summed E-state index contributed by atoms with van der Waals surface area (Å²) in [6.07, 6.45) is 5.36. The van der Waals surface area contributed by atoms with Gasteiger partial charge in [0.2, 0.25) is 5.91 Å². The minimum absolute atomic E-state index is 0.137. The van der Waals surface area contributed by atoms with E-state index in [4.69, 9.17) is 5.73 Å². The van der Waals surface area contributed by atoms with E-state index in [1.165, 1.54) is 25.9 Å². The van der Waals surface area contributed by atoms with Crippen molar-refractivity contribution in [1.82, 2.24) is 10.2 Å². The molecule has 108 valence electrons. The van der Waals surface area contributed by atoms with Gasteiger partial charge in [-0.1, -0.05) is 13.8 Å². The molecule has 1 saturated heterocycles. The second-order valence-electron chi connectivity index (χ2n) is 7.17. The van der Waals surface area contributed by atoms with Crippen molar-refractivity contribution in [3.05, 3.63) is 0 Å². The predicted molar refractivity (Wildman–Crippen MR) is 75.6 cm³/mol. The Hall–Kier alpha value is -0.610. The summed E-state index contributed by atoms with van der Waals surface area (Å²) in [4.78, 5) is 14.5. The number of primary amides is 1. The van der Waals surface area contributed by atoms with Crippen LogP contribution in [-0.4, -0.2) is 41.5 Å². The molecule has 2 saturated carbocycles. The van der Waals surface area contributed by atoms with Crippen LogP contribution < -0.4 is 11.1 Å². The van der Waals surface area contributed by atoms with Crippen molar-refractivity contribution >= 4 is 5.91 Å². The second-order valence-corrected chi connectivity index (χ2v) is 7.17. The molecule has 0 aromatic heterocycles. The molecule has 1 amide bonds. The van der Waals surface area contributed by atoms with Crippen molar-refractivity contribution < 1.29 is 4.79 Å². The van der Waals surface area contributed by atoms with Crippen LogP contribution in [0.1, 0.15) is 46.0 Å². The number of hydrogen-bond donors (Lipinski definition) is 2. The third-order valence-corrected chi connectivity index (χ3v) is 5.55. The molecule has 4 unspecified atom stereocenters. The van der Waals surface area contributed by atoms with Crippen LogP contribution in [0.3, 0.4) is 0 Å². The highest BCUT2D eigenvalue weighted by Crippen LogP contribution is 2.38. The smallest absolute Gasteiger partial charge is 0.237 e. The standard InChI is InChI=1S/C15H27N3O/c1-10-8-18(9-11(10)2)13-5-6-15(7-13,14(16)19)17-12-3-4-12/h10-13,17H,3-9H2,1-2H3,(H2,16,19). The molecule has 0 aromatic rings. The number of carbonyl (C=O) groups excluding carboxylic acids is 1. The van der Waals surface area contributed by atoms with Gasteiger partial charge in [-0.25, -0.2) is 0 Å². The number of nitrogens with zero attached hydrogens (tertiary/aromatic N) is 1. The fraction of sp³-hybridized carbons (Fsp3) is 0.933. The Morgan fingerprint density at radius 1 is 1.21 bits per heavy atom. The molecule has 4 nitrogen and oxygen atoms in total. The summed E-state index contributed by atoms with van der Waals surface area (Å²) in [6, 6.07) is 1.09. The van der Waals surface area contributed by atoms with Crippen LogP contribution in [0.5, 0.6) is 0 Å². The lowest BCUT2D eigenvalue weighted by atomic mass is 9.96. The highest BCUT2D eigenvalue weighted by atomic mass is 16.1. The first-order valence-electron chi connectivity index (χ1n) is 7.82. The molecule has 0 aromatic carbocycles. The Morgan fingerprint density at radius 2 is 1.84 bits per heavy atom. The van der Waals surface area contributed by atoms with Crippen molar-refractivity contribution in [2.24, 2.45) is 17.6 Å². The van der Waals surface area contributed by atoms with Gasteiger partial charge >= 0.3 is 0 Å². The van der Waals surface area contributed by atoms with Crippen molar-refractivity contribution in [3.63, 3.8) is 0 Å². The zero-order valence-electron chi connectivity index (χ0n) is 12.2. The molecule has 3 aliphatic rings. The summed E-state index contributed by atoms with van der Waals surface area (Å²) in [5, 5.41) is 3.54. The fourth-order valence-electron chi connectivity index (χ4n) is 3.85. The van der Waals surface area contributed by atoms with Gasteiger partial charge in [-0.2, -0.15) is 0 Å². The molecule has 1 aliphatic heterocycles. The van der Waals surface area contributed by atoms with E-state index in [0.717, 1.165) is 31.1 Å². The van der Waals surface area contributed by atoms with Crippen LogP contribution in [0.25, 0.3) is 0 Å². The molecule has 3 fully saturated rings. The highest BCUT2D eigenvalue weighted by molar-refractivity contribution is 5.85. The van der Waals surface area contributed by atoms with Gasteiger partial charge in [0.05, 0.1) is 5.54 Å². The second kappa shape index (κ2) is 4.74. The quantitative estimate of drug-likeness (QED) is 0.800. The summed E-state index contributed by atoms with van der Waals surface area (Å²) in [5.74, 6) is 1.42. The zero-order chi connectivity index (χ0) is 13.6. The van der Waals surface area contributed by atoms with Crippen LogP contribution in [0.2, 0.25) is 0 Å². The van der Waals surface area contributed by atoms with Gasteiger partial charge in [0.25, 0.3) is 0 Å². The van der Waals surface area contributed by atoms with Crippen molar-refractivity contribution in [1.29, 1.82) is 0 Å². The Morgan fingerprint density at radius 3 is 2.37 bits per heavy atom. The summed E-state index contributed by atoms with van der Waals surface area (Å²) >= 11 is 0. The molecule has 2 aliphatic carbocycles. The number of rotatable bonds is 4. The summed E-state index contributed by atoms with van der Waals surface area (Å²) in [5.41, 5.74) is 5.29. The predicted octanol–water partition coefficient (Wildman–Crippen LogP) is 1.10. The first kappa shape index (κ1) is 13.4. The number of hydrogen-bond acceptors (Lipinski definition) is 3. The topological polar surface area (TPSA) is 58.4 Å². The summed E-state index contributed by atoms with van der Waals surface area (Å²) in [7, 11) is 0. The molecular formula is C15H27N3O. The van der Waals surface area contributed by atoms with Crippen LogP contribution in [-0.2, 0) is 4.79 Å². The van der Waals surface area contributed by atoms with E-state index in [1.54, 1.807) is 0 Å². The van der Waals surface area contributed by atoms with Gasteiger partial charge in [-0.3, -0.25) is 9.69 Å². The van der Waals surface area contributed by atoms with Gasteiger partial charge in [0, 0.05) is 25.2 Å². The maximum atomic E-state index is 11.9. The molecule has 4 atom stereocenters. The van der Waals surface area contributed by atoms with Gasteiger partial charge in [0.1, 0.15) is 0 Å². The Bertz CT molecular complexity index is 358. The lowest BCUT2D eigenvalue weighted by Crippen LogP contribution is -2.55. The Kier molecular flexibility index (Phi) is 3.34. The van der Waals surface area contributed by atoms with Gasteiger partial charge in [0.15, 0.2) is 0 Å². The molecule has 4 heteroatoms. The first-order valence-corrected chi connectivity index (χ1v) is 7.82. The van der Waals surface area contributed by atoms with E-state index in [9.17, 15) is 4.79 Å². The molecular weight excluding hydrogens is 238 g/mol. The SMILES string of the molecule is CC1CN(C2CCC(NC3CC3)(C(N)=O)C2)CC1C. The van der Waals surface area contributed by atoms with Crippen molar-refractivity contribution in [3.8, 4) is 0 Å². The van der Waals surface area contributed by atoms with Gasteiger partial charge < -0.3 is 11.1 Å². The molecule has 3 N–H and O–H groups in total. The van der Waals surface area contributed by atoms with Crippen LogP contribution in [0.4, 0.5) is 0 Å². The lowest BCUT2D eigenvalue weighted by molar-refractivity contribution is -0.124. The van der Waals surface area contributed by atoms with Gasteiger partial charge in [-0.05, 0) is 43.9 Å². The molecule has 1 heterocycles. The largest absolute Gasteiger partial charge is 0.368 e. The molecule has 0 spiro atoms. The maximum absolute atomic E-state index is 11.9. The van der Waals surface area contributed by atoms with Crippen LogP contribution in [0.15, 0.2) is 0 Å². The average Bonchev–Trinajstić information content (AvgIpc) is 2.94. The summed E-state index contributed by atoms with van der Waals surface area (Å²) < 4.78 is 0. The maximum Gasteiger partial charge on any atom is 0.237 e. The van der Waals surface area contributed by atoms with Gasteiger partial charge in [-0.15, -0.1) is 0 Å². The number of nitrogens with one attached hydrogen (secondary N) is 1. The Labute approximate surface area is 116 Å². The monoisotopic (exact) mass is 265 g/mol. The molecule has 0 radical (unpaired) electrons. The zero-order valence-corrected chi connectivity index (χ0v) is 12.2. The summed E-state index contributed by atoms with van der Waals surface area (Å²) in [6.45, 7) is 7.04.